The monoisotopic (exact) mass is 261 g/mol. The molecule has 0 spiro atoms. The van der Waals surface area contributed by atoms with Crippen LogP contribution in [0.5, 0.6) is 0 Å². The second-order valence-corrected chi connectivity index (χ2v) is 4.72. The first-order valence-corrected chi connectivity index (χ1v) is 6.32. The lowest BCUT2D eigenvalue weighted by atomic mass is 10.3. The summed E-state index contributed by atoms with van der Waals surface area (Å²) in [6.07, 6.45) is 1.53. The van der Waals surface area contributed by atoms with E-state index in [1.54, 1.807) is 16.8 Å². The number of benzene rings is 1. The molecule has 0 aliphatic heterocycles. The minimum atomic E-state index is 0.610. The van der Waals surface area contributed by atoms with E-state index in [1.165, 1.54) is 18.1 Å². The van der Waals surface area contributed by atoms with Gasteiger partial charge in [0.05, 0.1) is 5.75 Å². The highest BCUT2D eigenvalue weighted by atomic mass is 32.2. The fourth-order valence-electron chi connectivity index (χ4n) is 1.56. The lowest BCUT2D eigenvalue weighted by molar-refractivity contribution is 0.489. The number of hydrogen-bond donors (Lipinski definition) is 1. The van der Waals surface area contributed by atoms with Gasteiger partial charge in [0.15, 0.2) is 5.58 Å². The van der Waals surface area contributed by atoms with E-state index < -0.39 is 0 Å². The van der Waals surface area contributed by atoms with Gasteiger partial charge in [0.2, 0.25) is 0 Å². The summed E-state index contributed by atoms with van der Waals surface area (Å²) in [4.78, 5) is 8.50. The summed E-state index contributed by atoms with van der Waals surface area (Å²) in [6, 6.07) is 5.42. The number of nitrogens with zero attached hydrogens (tertiary/aromatic N) is 4. The van der Waals surface area contributed by atoms with Crippen LogP contribution in [0.4, 0.5) is 5.69 Å². The molecule has 0 bridgehead atoms. The van der Waals surface area contributed by atoms with E-state index in [-0.39, 0.29) is 0 Å². The average molecular weight is 261 g/mol. The molecule has 0 amide bonds. The Bertz CT molecular complexity index is 690. The van der Waals surface area contributed by atoms with E-state index in [0.717, 1.165) is 16.9 Å². The van der Waals surface area contributed by atoms with Crippen molar-refractivity contribution in [3.8, 4) is 0 Å². The molecule has 92 valence electrons. The number of fused-ring (bicyclic) bond motifs is 1. The summed E-state index contributed by atoms with van der Waals surface area (Å²) < 4.78 is 7.33. The van der Waals surface area contributed by atoms with E-state index >= 15 is 0 Å². The number of hydrogen-bond acceptors (Lipinski definition) is 6. The predicted molar refractivity (Wildman–Crippen MR) is 69.0 cm³/mol. The number of oxazole rings is 1. The molecule has 0 unspecified atom stereocenters. The van der Waals surface area contributed by atoms with Crippen LogP contribution in [0.2, 0.25) is 0 Å². The van der Waals surface area contributed by atoms with Crippen molar-refractivity contribution in [2.45, 2.75) is 11.0 Å². The molecule has 0 fully saturated rings. The Morgan fingerprint density at radius 1 is 1.44 bits per heavy atom. The normalized spacial score (nSPS) is 11.2. The van der Waals surface area contributed by atoms with Gasteiger partial charge in [-0.2, -0.15) is 5.10 Å². The summed E-state index contributed by atoms with van der Waals surface area (Å²) in [7, 11) is 1.86. The van der Waals surface area contributed by atoms with Gasteiger partial charge in [0, 0.05) is 12.7 Å². The molecular formula is C11H11N5OS. The summed E-state index contributed by atoms with van der Waals surface area (Å²) in [5, 5.41) is 4.62. The second-order valence-electron chi connectivity index (χ2n) is 3.80. The molecule has 0 saturated carbocycles. The topological polar surface area (TPSA) is 82.8 Å². The van der Waals surface area contributed by atoms with Crippen LogP contribution in [0.3, 0.4) is 0 Å². The average Bonchev–Trinajstić information content (AvgIpc) is 2.92. The largest absolute Gasteiger partial charge is 0.431 e. The summed E-state index contributed by atoms with van der Waals surface area (Å²) in [5.41, 5.74) is 7.89. The zero-order chi connectivity index (χ0) is 12.5. The Morgan fingerprint density at radius 3 is 3.11 bits per heavy atom. The maximum Gasteiger partial charge on any atom is 0.257 e. The minimum absolute atomic E-state index is 0.610. The molecule has 1 aromatic carbocycles. The van der Waals surface area contributed by atoms with Gasteiger partial charge in [0.25, 0.3) is 5.22 Å². The fraction of sp³-hybridized carbons (Fsp3) is 0.182. The molecule has 18 heavy (non-hydrogen) atoms. The number of anilines is 1. The Hall–Kier alpha value is -2.02. The highest BCUT2D eigenvalue weighted by molar-refractivity contribution is 7.98. The molecule has 0 atom stereocenters. The van der Waals surface area contributed by atoms with Gasteiger partial charge in [-0.25, -0.2) is 9.97 Å². The number of nitrogen functional groups attached to an aromatic ring is 1. The number of aromatic nitrogens is 4. The van der Waals surface area contributed by atoms with E-state index in [2.05, 4.69) is 15.1 Å². The van der Waals surface area contributed by atoms with Gasteiger partial charge < -0.3 is 10.2 Å². The lowest BCUT2D eigenvalue weighted by Gasteiger charge is -1.96. The zero-order valence-electron chi connectivity index (χ0n) is 9.70. The van der Waals surface area contributed by atoms with Crippen LogP contribution in [0.15, 0.2) is 34.2 Å². The first kappa shape index (κ1) is 11.1. The van der Waals surface area contributed by atoms with Gasteiger partial charge in [-0.05, 0) is 18.2 Å². The summed E-state index contributed by atoms with van der Waals surface area (Å²) in [6.45, 7) is 0. The SMILES string of the molecule is Cn1ncnc1CSc1nc2cc(N)ccc2o1. The Morgan fingerprint density at radius 2 is 2.33 bits per heavy atom. The standard InChI is InChI=1S/C11H11N5OS/c1-16-10(13-6-14-16)5-18-11-15-8-4-7(12)2-3-9(8)17-11/h2-4,6H,5,12H2,1H3. The lowest BCUT2D eigenvalue weighted by Crippen LogP contribution is -1.97. The minimum Gasteiger partial charge on any atom is -0.431 e. The molecule has 3 aromatic rings. The molecule has 0 radical (unpaired) electrons. The van der Waals surface area contributed by atoms with Crippen molar-refractivity contribution in [3.63, 3.8) is 0 Å². The summed E-state index contributed by atoms with van der Waals surface area (Å²) in [5.74, 6) is 1.54. The van der Waals surface area contributed by atoms with Crippen LogP contribution in [-0.2, 0) is 12.8 Å². The molecule has 2 N–H and O–H groups in total. The maximum atomic E-state index is 5.69. The molecule has 0 aliphatic carbocycles. The maximum absolute atomic E-state index is 5.69. The second kappa shape index (κ2) is 4.34. The number of rotatable bonds is 3. The summed E-state index contributed by atoms with van der Waals surface area (Å²) >= 11 is 1.48. The van der Waals surface area contributed by atoms with Gasteiger partial charge in [-0.1, -0.05) is 11.8 Å². The van der Waals surface area contributed by atoms with Crippen LogP contribution in [0.25, 0.3) is 11.1 Å². The molecule has 7 heteroatoms. The van der Waals surface area contributed by atoms with Gasteiger partial charge in [0.1, 0.15) is 17.7 Å². The van der Waals surface area contributed by atoms with Crippen molar-refractivity contribution in [1.29, 1.82) is 0 Å². The van der Waals surface area contributed by atoms with Crippen molar-refractivity contribution < 1.29 is 4.42 Å². The van der Waals surface area contributed by atoms with E-state index in [9.17, 15) is 0 Å². The molecule has 3 rings (SSSR count). The van der Waals surface area contributed by atoms with Crippen molar-refractivity contribution in [2.75, 3.05) is 5.73 Å². The molecule has 2 aromatic heterocycles. The van der Waals surface area contributed by atoms with Crippen LogP contribution in [-0.4, -0.2) is 19.7 Å². The Labute approximate surface area is 107 Å². The van der Waals surface area contributed by atoms with E-state index in [4.69, 9.17) is 10.2 Å². The van der Waals surface area contributed by atoms with Crippen molar-refractivity contribution in [1.82, 2.24) is 19.7 Å². The third-order valence-electron chi connectivity index (χ3n) is 2.52. The number of thioether (sulfide) groups is 1. The highest BCUT2D eigenvalue weighted by Gasteiger charge is 2.08. The molecular weight excluding hydrogens is 250 g/mol. The third kappa shape index (κ3) is 2.04. The van der Waals surface area contributed by atoms with Crippen LogP contribution in [0, 0.1) is 0 Å². The van der Waals surface area contributed by atoms with E-state index in [0.29, 0.717) is 16.7 Å². The first-order chi connectivity index (χ1) is 8.72. The van der Waals surface area contributed by atoms with E-state index in [1.807, 2.05) is 13.1 Å². The van der Waals surface area contributed by atoms with Crippen molar-refractivity contribution in [3.05, 3.63) is 30.4 Å². The number of aryl methyl sites for hydroxylation is 1. The fourth-order valence-corrected chi connectivity index (χ4v) is 2.39. The van der Waals surface area contributed by atoms with Crippen LogP contribution >= 0.6 is 11.8 Å². The van der Waals surface area contributed by atoms with Crippen LogP contribution < -0.4 is 5.73 Å². The highest BCUT2D eigenvalue weighted by Crippen LogP contribution is 2.26. The smallest absolute Gasteiger partial charge is 0.257 e. The Kier molecular flexibility index (Phi) is 2.67. The van der Waals surface area contributed by atoms with Gasteiger partial charge in [-0.15, -0.1) is 0 Å². The quantitative estimate of drug-likeness (QED) is 0.572. The molecule has 2 heterocycles. The third-order valence-corrected chi connectivity index (χ3v) is 3.35. The zero-order valence-corrected chi connectivity index (χ0v) is 10.5. The molecule has 6 nitrogen and oxygen atoms in total. The van der Waals surface area contributed by atoms with Gasteiger partial charge >= 0.3 is 0 Å². The first-order valence-electron chi connectivity index (χ1n) is 5.34. The molecule has 0 aliphatic rings. The predicted octanol–water partition coefficient (Wildman–Crippen LogP) is 1.83. The van der Waals surface area contributed by atoms with Crippen molar-refractivity contribution in [2.24, 2.45) is 7.05 Å². The van der Waals surface area contributed by atoms with Crippen LogP contribution in [0.1, 0.15) is 5.82 Å². The molecule has 0 saturated heterocycles. The van der Waals surface area contributed by atoms with Crippen molar-refractivity contribution >= 4 is 28.5 Å². The van der Waals surface area contributed by atoms with Gasteiger partial charge in [-0.3, -0.25) is 4.68 Å². The number of nitrogens with two attached hydrogens (primary N) is 1. The Balaban J connectivity index is 1.81.